The highest BCUT2D eigenvalue weighted by molar-refractivity contribution is 4.71. The van der Waals surface area contributed by atoms with Gasteiger partial charge in [0.25, 0.3) is 0 Å². The van der Waals surface area contributed by atoms with Gasteiger partial charge >= 0.3 is 0 Å². The molecule has 1 aliphatic rings. The molecular formula is C15H32N2O. The lowest BCUT2D eigenvalue weighted by atomic mass is 10.0. The van der Waals surface area contributed by atoms with Gasteiger partial charge in [0.2, 0.25) is 0 Å². The Morgan fingerprint density at radius 1 is 1.17 bits per heavy atom. The molecule has 0 spiro atoms. The molecule has 0 radical (unpaired) electrons. The minimum atomic E-state index is -0.0459. The van der Waals surface area contributed by atoms with Crippen LogP contribution in [0, 0.1) is 5.92 Å². The number of nitrogens with zero attached hydrogens (tertiary/aromatic N) is 1. The molecule has 2 N–H and O–H groups in total. The topological polar surface area (TPSA) is 35.5 Å². The number of aliphatic hydroxyl groups is 1. The Kier molecular flexibility index (Phi) is 7.87. The van der Waals surface area contributed by atoms with Crippen LogP contribution in [-0.2, 0) is 0 Å². The van der Waals surface area contributed by atoms with Gasteiger partial charge < -0.3 is 15.3 Å². The second-order valence-corrected chi connectivity index (χ2v) is 6.25. The van der Waals surface area contributed by atoms with Crippen molar-refractivity contribution in [1.29, 1.82) is 0 Å². The van der Waals surface area contributed by atoms with Crippen LogP contribution in [0.5, 0.6) is 0 Å². The van der Waals surface area contributed by atoms with E-state index in [1.54, 1.807) is 0 Å². The van der Waals surface area contributed by atoms with E-state index in [2.05, 4.69) is 31.0 Å². The van der Waals surface area contributed by atoms with Gasteiger partial charge in [-0.3, -0.25) is 0 Å². The number of rotatable bonds is 8. The van der Waals surface area contributed by atoms with E-state index in [9.17, 15) is 5.11 Å². The average Bonchev–Trinajstić information content (AvgIpc) is 2.34. The predicted molar refractivity (Wildman–Crippen MR) is 77.8 cm³/mol. The number of hydrogen-bond acceptors (Lipinski definition) is 3. The maximum absolute atomic E-state index is 9.44. The first-order chi connectivity index (χ1) is 8.58. The van der Waals surface area contributed by atoms with Crippen molar-refractivity contribution in [3.63, 3.8) is 0 Å². The molecule has 1 rings (SSSR count). The number of aliphatic hydroxyl groups excluding tert-OH is 1. The summed E-state index contributed by atoms with van der Waals surface area (Å²) in [5.74, 6) is 0.814. The van der Waals surface area contributed by atoms with E-state index in [0.717, 1.165) is 38.4 Å². The molecule has 0 bridgehead atoms. The predicted octanol–water partition coefficient (Wildman–Crippen LogP) is 2.25. The highest BCUT2D eigenvalue weighted by atomic mass is 16.3. The van der Waals surface area contributed by atoms with Crippen LogP contribution < -0.4 is 5.32 Å². The van der Waals surface area contributed by atoms with Gasteiger partial charge in [0, 0.05) is 19.1 Å². The van der Waals surface area contributed by atoms with Gasteiger partial charge in [-0.15, -0.1) is 0 Å². The smallest absolute Gasteiger partial charge is 0.0564 e. The molecule has 0 aromatic carbocycles. The summed E-state index contributed by atoms with van der Waals surface area (Å²) in [5.41, 5.74) is 0. The van der Waals surface area contributed by atoms with E-state index in [-0.39, 0.29) is 6.10 Å². The first kappa shape index (κ1) is 15.9. The van der Waals surface area contributed by atoms with Crippen molar-refractivity contribution < 1.29 is 5.11 Å². The summed E-state index contributed by atoms with van der Waals surface area (Å²) >= 11 is 0. The molecule has 0 aliphatic carbocycles. The van der Waals surface area contributed by atoms with Gasteiger partial charge in [-0.05, 0) is 58.0 Å². The molecule has 3 heteroatoms. The highest BCUT2D eigenvalue weighted by Gasteiger charge is 2.15. The largest absolute Gasteiger partial charge is 0.393 e. The van der Waals surface area contributed by atoms with E-state index in [1.165, 1.54) is 25.8 Å². The van der Waals surface area contributed by atoms with Gasteiger partial charge in [-0.1, -0.05) is 13.8 Å². The normalized spacial score (nSPS) is 20.5. The van der Waals surface area contributed by atoms with Crippen molar-refractivity contribution in [2.45, 2.75) is 65.0 Å². The lowest BCUT2D eigenvalue weighted by molar-refractivity contribution is 0.0820. The third kappa shape index (κ3) is 7.34. The Bertz CT molecular complexity index is 201. The maximum Gasteiger partial charge on any atom is 0.0564 e. The van der Waals surface area contributed by atoms with Crippen LogP contribution in [0.4, 0.5) is 0 Å². The molecule has 108 valence electrons. The Labute approximate surface area is 113 Å². The van der Waals surface area contributed by atoms with Crippen LogP contribution >= 0.6 is 0 Å². The molecule has 1 aliphatic heterocycles. The molecule has 18 heavy (non-hydrogen) atoms. The first-order valence-electron chi connectivity index (χ1n) is 7.71. The van der Waals surface area contributed by atoms with Crippen LogP contribution in [0.3, 0.4) is 0 Å². The molecule has 0 amide bonds. The van der Waals surface area contributed by atoms with E-state index in [1.807, 2.05) is 0 Å². The Balaban J connectivity index is 1.94. The van der Waals surface area contributed by atoms with Crippen LogP contribution in [0.2, 0.25) is 0 Å². The summed E-state index contributed by atoms with van der Waals surface area (Å²) in [6.45, 7) is 11.3. The third-order valence-corrected chi connectivity index (χ3v) is 3.88. The average molecular weight is 256 g/mol. The number of nitrogens with one attached hydrogen (secondary N) is 1. The first-order valence-corrected chi connectivity index (χ1v) is 7.71. The molecule has 1 unspecified atom stereocenters. The van der Waals surface area contributed by atoms with E-state index < -0.39 is 0 Å². The molecule has 1 atom stereocenters. The molecule has 1 saturated heterocycles. The second kappa shape index (κ2) is 8.89. The zero-order chi connectivity index (χ0) is 13.4. The number of likely N-dealkylation sites (tertiary alicyclic amines) is 1. The van der Waals surface area contributed by atoms with E-state index in [0.29, 0.717) is 6.04 Å². The lowest BCUT2D eigenvalue weighted by Gasteiger charge is -2.29. The van der Waals surface area contributed by atoms with Crippen LogP contribution in [0.15, 0.2) is 0 Å². The van der Waals surface area contributed by atoms with Crippen molar-refractivity contribution >= 4 is 0 Å². The van der Waals surface area contributed by atoms with Gasteiger partial charge in [-0.2, -0.15) is 0 Å². The van der Waals surface area contributed by atoms with Crippen molar-refractivity contribution in [3.8, 4) is 0 Å². The fraction of sp³-hybridized carbons (Fsp3) is 1.00. The Morgan fingerprint density at radius 2 is 1.83 bits per heavy atom. The van der Waals surface area contributed by atoms with Crippen molar-refractivity contribution in [3.05, 3.63) is 0 Å². The van der Waals surface area contributed by atoms with E-state index >= 15 is 0 Å². The quantitative estimate of drug-likeness (QED) is 0.654. The fourth-order valence-electron chi connectivity index (χ4n) is 2.48. The molecular weight excluding hydrogens is 224 g/mol. The van der Waals surface area contributed by atoms with Gasteiger partial charge in [0.15, 0.2) is 0 Å². The Morgan fingerprint density at radius 3 is 2.44 bits per heavy atom. The summed E-state index contributed by atoms with van der Waals surface area (Å²) in [4.78, 5) is 2.48. The van der Waals surface area contributed by atoms with Crippen molar-refractivity contribution in [2.75, 3.05) is 26.2 Å². The van der Waals surface area contributed by atoms with Crippen LogP contribution in [0.25, 0.3) is 0 Å². The summed E-state index contributed by atoms with van der Waals surface area (Å²) in [6, 6.07) is 0.649. The second-order valence-electron chi connectivity index (χ2n) is 6.25. The van der Waals surface area contributed by atoms with Crippen molar-refractivity contribution in [1.82, 2.24) is 10.2 Å². The van der Waals surface area contributed by atoms with Gasteiger partial charge in [0.05, 0.1) is 6.10 Å². The minimum Gasteiger partial charge on any atom is -0.393 e. The minimum absolute atomic E-state index is 0.0459. The molecule has 0 aromatic heterocycles. The third-order valence-electron chi connectivity index (χ3n) is 3.88. The summed E-state index contributed by atoms with van der Waals surface area (Å²) in [7, 11) is 0. The van der Waals surface area contributed by atoms with Gasteiger partial charge in [-0.25, -0.2) is 0 Å². The summed E-state index contributed by atoms with van der Waals surface area (Å²) in [6.07, 6.45) is 5.69. The Hall–Kier alpha value is -0.120. The van der Waals surface area contributed by atoms with Crippen LogP contribution in [0.1, 0.15) is 52.9 Å². The number of piperidine rings is 1. The summed E-state index contributed by atoms with van der Waals surface area (Å²) < 4.78 is 0. The fourth-order valence-corrected chi connectivity index (χ4v) is 2.48. The maximum atomic E-state index is 9.44. The molecule has 0 saturated carbocycles. The molecule has 3 nitrogen and oxygen atoms in total. The monoisotopic (exact) mass is 256 g/mol. The van der Waals surface area contributed by atoms with Gasteiger partial charge in [0.1, 0.15) is 0 Å². The lowest BCUT2D eigenvalue weighted by Crippen LogP contribution is -2.37. The summed E-state index contributed by atoms with van der Waals surface area (Å²) in [5, 5.41) is 13.0. The zero-order valence-electron chi connectivity index (χ0n) is 12.5. The standard InChI is InChI=1S/C15H32N2O/c1-13(2)5-6-14(3)16-9-4-10-17-11-7-15(18)8-12-17/h13-16,18H,4-12H2,1-3H3. The highest BCUT2D eigenvalue weighted by Crippen LogP contribution is 2.10. The SMILES string of the molecule is CC(C)CCC(C)NCCCN1CCC(O)CC1. The number of hydrogen-bond donors (Lipinski definition) is 2. The molecule has 1 fully saturated rings. The molecule has 1 heterocycles. The van der Waals surface area contributed by atoms with Crippen molar-refractivity contribution in [2.24, 2.45) is 5.92 Å². The van der Waals surface area contributed by atoms with Crippen LogP contribution in [-0.4, -0.2) is 48.3 Å². The zero-order valence-corrected chi connectivity index (χ0v) is 12.5. The molecule has 0 aromatic rings. The van der Waals surface area contributed by atoms with E-state index in [4.69, 9.17) is 0 Å².